The normalized spacial score (nSPS) is 14.6. The lowest BCUT2D eigenvalue weighted by molar-refractivity contribution is 0.0697. The van der Waals surface area contributed by atoms with Crippen LogP contribution in [0.2, 0.25) is 0 Å². The number of morpholine rings is 1. The van der Waals surface area contributed by atoms with Crippen molar-refractivity contribution in [2.24, 2.45) is 0 Å². The monoisotopic (exact) mass is 353 g/mol. The third-order valence-corrected chi connectivity index (χ3v) is 4.28. The number of aryl methyl sites for hydroxylation is 1. The fourth-order valence-corrected chi connectivity index (χ4v) is 3.00. The Morgan fingerprint density at radius 1 is 1.27 bits per heavy atom. The number of rotatable bonds is 4. The molecule has 0 spiro atoms. The Morgan fingerprint density at radius 3 is 2.85 bits per heavy atom. The smallest absolute Gasteiger partial charge is 0.335 e. The van der Waals surface area contributed by atoms with Crippen molar-refractivity contribution in [2.75, 3.05) is 36.5 Å². The van der Waals surface area contributed by atoms with E-state index in [2.05, 4.69) is 25.2 Å². The van der Waals surface area contributed by atoms with Gasteiger partial charge in [0, 0.05) is 24.5 Å². The van der Waals surface area contributed by atoms with E-state index in [-0.39, 0.29) is 5.56 Å². The third kappa shape index (κ3) is 3.18. The molecule has 4 rings (SSSR count). The van der Waals surface area contributed by atoms with Crippen LogP contribution < -0.4 is 10.2 Å². The Balaban J connectivity index is 1.75. The van der Waals surface area contributed by atoms with E-state index in [1.54, 1.807) is 18.2 Å². The molecule has 0 aliphatic carbocycles. The minimum Gasteiger partial charge on any atom is -0.478 e. The lowest BCUT2D eigenvalue weighted by atomic mass is 10.2. The highest BCUT2D eigenvalue weighted by molar-refractivity contribution is 5.92. The Kier molecular flexibility index (Phi) is 4.18. The molecule has 1 aromatic carbocycles. The number of carboxylic acid groups (broad SMARTS) is 1. The first-order valence-electron chi connectivity index (χ1n) is 8.40. The average molecular weight is 353 g/mol. The fourth-order valence-electron chi connectivity index (χ4n) is 3.00. The number of H-pyrrole nitrogens is 1. The van der Waals surface area contributed by atoms with Crippen molar-refractivity contribution < 1.29 is 14.6 Å². The molecule has 0 unspecified atom stereocenters. The first-order valence-corrected chi connectivity index (χ1v) is 8.40. The minimum atomic E-state index is -0.965. The van der Waals surface area contributed by atoms with Crippen LogP contribution in [0.1, 0.15) is 16.1 Å². The number of ether oxygens (including phenoxy) is 1. The van der Waals surface area contributed by atoms with Crippen molar-refractivity contribution in [3.05, 3.63) is 41.6 Å². The summed E-state index contributed by atoms with van der Waals surface area (Å²) >= 11 is 0. The van der Waals surface area contributed by atoms with Crippen LogP contribution in [0.4, 0.5) is 17.5 Å². The van der Waals surface area contributed by atoms with E-state index < -0.39 is 5.97 Å². The van der Waals surface area contributed by atoms with Crippen molar-refractivity contribution in [3.63, 3.8) is 0 Å². The molecule has 3 N–H and O–H groups in total. The van der Waals surface area contributed by atoms with Gasteiger partial charge in [-0.05, 0) is 31.2 Å². The van der Waals surface area contributed by atoms with Crippen molar-refractivity contribution >= 4 is 34.5 Å². The summed E-state index contributed by atoms with van der Waals surface area (Å²) in [6.45, 7) is 4.73. The van der Waals surface area contributed by atoms with Crippen LogP contribution in [0, 0.1) is 6.92 Å². The lowest BCUT2D eigenvalue weighted by Gasteiger charge is -2.27. The second-order valence-electron chi connectivity index (χ2n) is 6.20. The summed E-state index contributed by atoms with van der Waals surface area (Å²) in [6, 6.07) is 8.64. The van der Waals surface area contributed by atoms with Gasteiger partial charge in [-0.25, -0.2) is 4.79 Å². The van der Waals surface area contributed by atoms with E-state index in [1.165, 1.54) is 0 Å². The van der Waals surface area contributed by atoms with Crippen LogP contribution in [-0.4, -0.2) is 52.3 Å². The van der Waals surface area contributed by atoms with E-state index >= 15 is 0 Å². The number of benzene rings is 1. The maximum absolute atomic E-state index is 11.2. The average Bonchev–Trinajstić information content (AvgIpc) is 3.03. The summed E-state index contributed by atoms with van der Waals surface area (Å²) in [5, 5.41) is 13.3. The van der Waals surface area contributed by atoms with Gasteiger partial charge in [-0.3, -0.25) is 0 Å². The molecule has 3 aromatic rings. The topological polar surface area (TPSA) is 103 Å². The SMILES string of the molecule is Cc1cc2c(Nc3cccc(C(=O)O)c3)nc(N3CCOCC3)nc2[nH]1. The zero-order valence-electron chi connectivity index (χ0n) is 14.3. The van der Waals surface area contributed by atoms with E-state index in [0.29, 0.717) is 30.7 Å². The zero-order valence-corrected chi connectivity index (χ0v) is 14.3. The molecule has 8 nitrogen and oxygen atoms in total. The maximum atomic E-state index is 11.2. The number of anilines is 3. The predicted molar refractivity (Wildman–Crippen MR) is 98.3 cm³/mol. The number of carboxylic acids is 1. The summed E-state index contributed by atoms with van der Waals surface area (Å²) < 4.78 is 5.40. The van der Waals surface area contributed by atoms with Crippen LogP contribution in [-0.2, 0) is 4.74 Å². The molecule has 0 amide bonds. The zero-order chi connectivity index (χ0) is 18.1. The Labute approximate surface area is 149 Å². The lowest BCUT2D eigenvalue weighted by Crippen LogP contribution is -2.37. The number of fused-ring (bicyclic) bond motifs is 1. The molecule has 1 aliphatic rings. The van der Waals surface area contributed by atoms with Gasteiger partial charge in [0.1, 0.15) is 11.5 Å². The van der Waals surface area contributed by atoms with Gasteiger partial charge in [-0.1, -0.05) is 6.07 Å². The molecule has 2 aromatic heterocycles. The van der Waals surface area contributed by atoms with Crippen LogP contribution >= 0.6 is 0 Å². The van der Waals surface area contributed by atoms with Crippen LogP contribution in [0.3, 0.4) is 0 Å². The number of aromatic carboxylic acids is 1. The summed E-state index contributed by atoms with van der Waals surface area (Å²) in [5.74, 6) is 0.302. The highest BCUT2D eigenvalue weighted by atomic mass is 16.5. The first-order chi connectivity index (χ1) is 12.6. The van der Waals surface area contributed by atoms with Crippen molar-refractivity contribution in [1.29, 1.82) is 0 Å². The highest BCUT2D eigenvalue weighted by Crippen LogP contribution is 2.27. The van der Waals surface area contributed by atoms with Crippen molar-refractivity contribution in [1.82, 2.24) is 15.0 Å². The predicted octanol–water partition coefficient (Wildman–Crippen LogP) is 2.54. The van der Waals surface area contributed by atoms with Crippen LogP contribution in [0.5, 0.6) is 0 Å². The first kappa shape index (κ1) is 16.3. The van der Waals surface area contributed by atoms with Gasteiger partial charge in [-0.2, -0.15) is 9.97 Å². The molecular formula is C18H19N5O3. The number of hydrogen-bond acceptors (Lipinski definition) is 6. The summed E-state index contributed by atoms with van der Waals surface area (Å²) in [4.78, 5) is 25.9. The molecule has 0 atom stereocenters. The molecule has 0 saturated carbocycles. The van der Waals surface area contributed by atoms with Gasteiger partial charge < -0.3 is 25.0 Å². The second-order valence-corrected chi connectivity index (χ2v) is 6.20. The van der Waals surface area contributed by atoms with E-state index in [4.69, 9.17) is 4.74 Å². The quantitative estimate of drug-likeness (QED) is 0.662. The van der Waals surface area contributed by atoms with Gasteiger partial charge in [-0.15, -0.1) is 0 Å². The molecule has 26 heavy (non-hydrogen) atoms. The number of nitrogens with zero attached hydrogens (tertiary/aromatic N) is 3. The summed E-state index contributed by atoms with van der Waals surface area (Å²) in [5.41, 5.74) is 2.61. The summed E-state index contributed by atoms with van der Waals surface area (Å²) in [7, 11) is 0. The van der Waals surface area contributed by atoms with Crippen LogP contribution in [0.15, 0.2) is 30.3 Å². The third-order valence-electron chi connectivity index (χ3n) is 4.28. The van der Waals surface area contributed by atoms with Gasteiger partial charge in [0.05, 0.1) is 24.2 Å². The Morgan fingerprint density at radius 2 is 2.08 bits per heavy atom. The standard InChI is InChI=1S/C18H19N5O3/c1-11-9-14-15(19-11)21-18(23-5-7-26-8-6-23)22-16(14)20-13-4-2-3-12(10-13)17(24)25/h2-4,9-10H,5-8H2,1H3,(H,24,25)(H2,19,20,21,22). The highest BCUT2D eigenvalue weighted by Gasteiger charge is 2.18. The number of hydrogen-bond donors (Lipinski definition) is 3. The minimum absolute atomic E-state index is 0.221. The Bertz CT molecular complexity index is 963. The number of aromatic amines is 1. The fraction of sp³-hybridized carbons (Fsp3) is 0.278. The number of carbonyl (C=O) groups is 1. The Hall–Kier alpha value is -3.13. The molecule has 0 bridgehead atoms. The molecule has 1 aliphatic heterocycles. The largest absolute Gasteiger partial charge is 0.478 e. The van der Waals surface area contributed by atoms with Crippen molar-refractivity contribution in [2.45, 2.75) is 6.92 Å². The molecular weight excluding hydrogens is 334 g/mol. The van der Waals surface area contributed by atoms with E-state index in [1.807, 2.05) is 19.1 Å². The number of nitrogens with one attached hydrogen (secondary N) is 2. The van der Waals surface area contributed by atoms with Gasteiger partial charge in [0.2, 0.25) is 5.95 Å². The van der Waals surface area contributed by atoms with Crippen molar-refractivity contribution in [3.8, 4) is 0 Å². The second kappa shape index (κ2) is 6.64. The summed E-state index contributed by atoms with van der Waals surface area (Å²) in [6.07, 6.45) is 0. The molecule has 3 heterocycles. The molecule has 1 saturated heterocycles. The number of aromatic nitrogens is 3. The molecule has 134 valence electrons. The van der Waals surface area contributed by atoms with Crippen LogP contribution in [0.25, 0.3) is 11.0 Å². The maximum Gasteiger partial charge on any atom is 0.335 e. The molecule has 0 radical (unpaired) electrons. The van der Waals surface area contributed by atoms with Gasteiger partial charge >= 0.3 is 5.97 Å². The van der Waals surface area contributed by atoms with E-state index in [0.717, 1.165) is 29.8 Å². The van der Waals surface area contributed by atoms with E-state index in [9.17, 15) is 9.90 Å². The molecule has 1 fully saturated rings. The van der Waals surface area contributed by atoms with Gasteiger partial charge in [0.15, 0.2) is 0 Å². The molecule has 8 heteroatoms. The van der Waals surface area contributed by atoms with Gasteiger partial charge in [0.25, 0.3) is 0 Å².